The molecule has 2 aromatic carbocycles. The number of amides is 2. The molecule has 0 aliphatic carbocycles. The number of carbonyl (C=O) groups is 2. The van der Waals surface area contributed by atoms with Gasteiger partial charge in [0.1, 0.15) is 5.75 Å². The molecule has 1 heterocycles. The van der Waals surface area contributed by atoms with Crippen LogP contribution in [-0.2, 0) is 16.0 Å². The Morgan fingerprint density at radius 3 is 2.58 bits per heavy atom. The lowest BCUT2D eigenvalue weighted by Gasteiger charge is -2.33. The maximum absolute atomic E-state index is 12.4. The average Bonchev–Trinajstić information content (AvgIpc) is 2.61. The lowest BCUT2D eigenvalue weighted by molar-refractivity contribution is -0.128. The second-order valence-electron chi connectivity index (χ2n) is 5.73. The molecular weight excluding hydrogens is 304 g/mol. The number of anilines is 1. The van der Waals surface area contributed by atoms with E-state index in [9.17, 15) is 9.59 Å². The number of hydrogen-bond donors (Lipinski definition) is 1. The summed E-state index contributed by atoms with van der Waals surface area (Å²) in [5.41, 5.74) is 1.87. The van der Waals surface area contributed by atoms with Crippen LogP contribution in [0.3, 0.4) is 0 Å². The largest absolute Gasteiger partial charge is 0.477 e. The van der Waals surface area contributed by atoms with Gasteiger partial charge in [0.2, 0.25) is 5.91 Å². The summed E-state index contributed by atoms with van der Waals surface area (Å²) in [7, 11) is 0. The van der Waals surface area contributed by atoms with Gasteiger partial charge in [-0.25, -0.2) is 0 Å². The van der Waals surface area contributed by atoms with E-state index in [-0.39, 0.29) is 18.4 Å². The van der Waals surface area contributed by atoms with Crippen molar-refractivity contribution < 1.29 is 14.3 Å². The third kappa shape index (κ3) is 3.56. The number of fused-ring (bicyclic) bond motifs is 1. The van der Waals surface area contributed by atoms with Gasteiger partial charge < -0.3 is 15.0 Å². The molecule has 5 nitrogen and oxygen atoms in total. The summed E-state index contributed by atoms with van der Waals surface area (Å²) >= 11 is 0. The van der Waals surface area contributed by atoms with E-state index in [4.69, 9.17) is 4.74 Å². The van der Waals surface area contributed by atoms with Crippen molar-refractivity contribution in [1.82, 2.24) is 5.32 Å². The van der Waals surface area contributed by atoms with E-state index in [0.717, 1.165) is 12.0 Å². The van der Waals surface area contributed by atoms with E-state index in [1.807, 2.05) is 48.5 Å². The first-order chi connectivity index (χ1) is 11.6. The highest BCUT2D eigenvalue weighted by atomic mass is 16.5. The van der Waals surface area contributed by atoms with Gasteiger partial charge in [-0.15, -0.1) is 0 Å². The molecule has 3 rings (SSSR count). The first-order valence-electron chi connectivity index (χ1n) is 8.00. The van der Waals surface area contributed by atoms with E-state index >= 15 is 0 Å². The van der Waals surface area contributed by atoms with Gasteiger partial charge in [0.15, 0.2) is 6.10 Å². The van der Waals surface area contributed by atoms with Crippen molar-refractivity contribution in [2.75, 3.05) is 18.0 Å². The van der Waals surface area contributed by atoms with Gasteiger partial charge in [-0.3, -0.25) is 9.59 Å². The summed E-state index contributed by atoms with van der Waals surface area (Å²) in [5, 5.41) is 2.89. The van der Waals surface area contributed by atoms with Crippen LogP contribution in [0.4, 0.5) is 5.69 Å². The Hall–Kier alpha value is -2.82. The quantitative estimate of drug-likeness (QED) is 0.937. The van der Waals surface area contributed by atoms with Crippen LogP contribution in [0.2, 0.25) is 0 Å². The molecule has 1 unspecified atom stereocenters. The first kappa shape index (κ1) is 16.1. The standard InChI is InChI=1S/C19H20N2O3/c1-14(22)21-13-18(24-17-10-6-5-9-16(17)21)19(23)20-12-11-15-7-3-2-4-8-15/h2-10,18H,11-13H2,1H3,(H,20,23). The fraction of sp³-hybridized carbons (Fsp3) is 0.263. The fourth-order valence-electron chi connectivity index (χ4n) is 2.76. The summed E-state index contributed by atoms with van der Waals surface area (Å²) in [4.78, 5) is 25.8. The highest BCUT2D eigenvalue weighted by Crippen LogP contribution is 2.33. The van der Waals surface area contributed by atoms with Crippen molar-refractivity contribution in [1.29, 1.82) is 0 Å². The molecule has 2 aromatic rings. The van der Waals surface area contributed by atoms with Gasteiger partial charge in [-0.05, 0) is 24.1 Å². The average molecular weight is 324 g/mol. The van der Waals surface area contributed by atoms with Crippen molar-refractivity contribution in [2.24, 2.45) is 0 Å². The van der Waals surface area contributed by atoms with Gasteiger partial charge in [0, 0.05) is 13.5 Å². The van der Waals surface area contributed by atoms with Crippen molar-refractivity contribution in [2.45, 2.75) is 19.4 Å². The van der Waals surface area contributed by atoms with Crippen LogP contribution in [0.25, 0.3) is 0 Å². The number of benzene rings is 2. The van der Waals surface area contributed by atoms with Crippen molar-refractivity contribution in [3.05, 3.63) is 60.2 Å². The zero-order valence-corrected chi connectivity index (χ0v) is 13.6. The Morgan fingerprint density at radius 1 is 1.12 bits per heavy atom. The predicted octanol–water partition coefficient (Wildman–Crippen LogP) is 2.16. The summed E-state index contributed by atoms with van der Waals surface area (Å²) in [6.45, 7) is 2.25. The molecule has 0 spiro atoms. The van der Waals surface area contributed by atoms with Crippen molar-refractivity contribution >= 4 is 17.5 Å². The Kier molecular flexibility index (Phi) is 4.79. The van der Waals surface area contributed by atoms with Gasteiger partial charge >= 0.3 is 0 Å². The molecule has 0 bridgehead atoms. The van der Waals surface area contributed by atoms with Crippen molar-refractivity contribution in [3.63, 3.8) is 0 Å². The predicted molar refractivity (Wildman–Crippen MR) is 92.0 cm³/mol. The SMILES string of the molecule is CC(=O)N1CC(C(=O)NCCc2ccccc2)Oc2ccccc21. The maximum Gasteiger partial charge on any atom is 0.262 e. The molecule has 0 saturated heterocycles. The third-order valence-electron chi connectivity index (χ3n) is 4.00. The molecule has 0 fully saturated rings. The summed E-state index contributed by atoms with van der Waals surface area (Å²) < 4.78 is 5.77. The van der Waals surface area contributed by atoms with Crippen LogP contribution in [0.1, 0.15) is 12.5 Å². The van der Waals surface area contributed by atoms with E-state index in [2.05, 4.69) is 5.32 Å². The number of ether oxygens (including phenoxy) is 1. The van der Waals surface area contributed by atoms with Crippen LogP contribution >= 0.6 is 0 Å². The minimum atomic E-state index is -0.695. The van der Waals surface area contributed by atoms with Crippen LogP contribution < -0.4 is 15.0 Å². The van der Waals surface area contributed by atoms with E-state index in [1.165, 1.54) is 6.92 Å². The van der Waals surface area contributed by atoms with Crippen molar-refractivity contribution in [3.8, 4) is 5.75 Å². The molecule has 124 valence electrons. The molecule has 1 atom stereocenters. The molecule has 0 saturated carbocycles. The number of nitrogens with one attached hydrogen (secondary N) is 1. The molecule has 1 aliphatic heterocycles. The Labute approximate surface area is 141 Å². The number of rotatable bonds is 4. The minimum Gasteiger partial charge on any atom is -0.477 e. The van der Waals surface area contributed by atoms with Crippen LogP contribution in [0.15, 0.2) is 54.6 Å². The van der Waals surface area contributed by atoms with E-state index < -0.39 is 6.10 Å². The fourth-order valence-corrected chi connectivity index (χ4v) is 2.76. The van der Waals surface area contributed by atoms with Gasteiger partial charge in [0.05, 0.1) is 12.2 Å². The molecule has 1 N–H and O–H groups in total. The third-order valence-corrected chi connectivity index (χ3v) is 4.00. The Morgan fingerprint density at radius 2 is 1.83 bits per heavy atom. The lowest BCUT2D eigenvalue weighted by atomic mass is 10.1. The topological polar surface area (TPSA) is 58.6 Å². The molecule has 1 aliphatic rings. The van der Waals surface area contributed by atoms with Gasteiger partial charge in [0.25, 0.3) is 5.91 Å². The van der Waals surface area contributed by atoms with Gasteiger partial charge in [-0.2, -0.15) is 0 Å². The number of carbonyl (C=O) groups excluding carboxylic acids is 2. The Balaban J connectivity index is 1.62. The second kappa shape index (κ2) is 7.17. The van der Waals surface area contributed by atoms with E-state index in [1.54, 1.807) is 11.0 Å². The highest BCUT2D eigenvalue weighted by molar-refractivity contribution is 5.95. The first-order valence-corrected chi connectivity index (χ1v) is 8.00. The minimum absolute atomic E-state index is 0.104. The molecule has 24 heavy (non-hydrogen) atoms. The monoisotopic (exact) mass is 324 g/mol. The zero-order chi connectivity index (χ0) is 16.9. The number of para-hydroxylation sites is 2. The van der Waals surface area contributed by atoms with Crippen LogP contribution in [-0.4, -0.2) is 31.0 Å². The normalized spacial score (nSPS) is 16.0. The van der Waals surface area contributed by atoms with Crippen LogP contribution in [0.5, 0.6) is 5.75 Å². The molecule has 0 radical (unpaired) electrons. The Bertz CT molecular complexity index is 730. The molecular formula is C19H20N2O3. The summed E-state index contributed by atoms with van der Waals surface area (Å²) in [6.07, 6.45) is 0.0614. The number of hydrogen-bond acceptors (Lipinski definition) is 3. The van der Waals surface area contributed by atoms with Crippen LogP contribution in [0, 0.1) is 0 Å². The summed E-state index contributed by atoms with van der Waals surface area (Å²) in [6, 6.07) is 17.2. The maximum atomic E-state index is 12.4. The summed E-state index contributed by atoms with van der Waals surface area (Å²) in [5.74, 6) is 0.252. The number of nitrogens with zero attached hydrogens (tertiary/aromatic N) is 1. The lowest BCUT2D eigenvalue weighted by Crippen LogP contribution is -2.50. The van der Waals surface area contributed by atoms with Gasteiger partial charge in [-0.1, -0.05) is 42.5 Å². The van der Waals surface area contributed by atoms with E-state index in [0.29, 0.717) is 18.0 Å². The molecule has 5 heteroatoms. The highest BCUT2D eigenvalue weighted by Gasteiger charge is 2.32. The smallest absolute Gasteiger partial charge is 0.262 e. The zero-order valence-electron chi connectivity index (χ0n) is 13.6. The molecule has 0 aromatic heterocycles. The second-order valence-corrected chi connectivity index (χ2v) is 5.73. The molecule has 2 amide bonds.